The Bertz CT molecular complexity index is 1100. The molecule has 0 fully saturated rings. The van der Waals surface area contributed by atoms with Crippen LogP contribution >= 0.6 is 27.5 Å². The third-order valence-electron chi connectivity index (χ3n) is 5.09. The molecule has 0 saturated heterocycles. The molecule has 0 aliphatic carbocycles. The number of phenols is 1. The van der Waals surface area contributed by atoms with E-state index in [1.165, 1.54) is 6.07 Å². The Morgan fingerprint density at radius 3 is 2.60 bits per heavy atom. The lowest BCUT2D eigenvalue weighted by Gasteiger charge is -2.31. The quantitative estimate of drug-likeness (QED) is 0.460. The van der Waals surface area contributed by atoms with E-state index in [2.05, 4.69) is 21.2 Å². The minimum absolute atomic E-state index is 0.159. The predicted octanol–water partition coefficient (Wildman–Crippen LogP) is 6.18. The number of ether oxygens (including phenoxy) is 1. The van der Waals surface area contributed by atoms with E-state index in [0.29, 0.717) is 21.5 Å². The molecule has 0 bridgehead atoms. The van der Waals surface area contributed by atoms with E-state index < -0.39 is 6.17 Å². The molecule has 0 saturated carbocycles. The van der Waals surface area contributed by atoms with Gasteiger partial charge in [0.15, 0.2) is 0 Å². The Balaban J connectivity index is 1.77. The molecule has 0 radical (unpaired) electrons. The number of aliphatic imine (C=N–C) groups is 1. The largest absolute Gasteiger partial charge is 0.508 e. The zero-order valence-electron chi connectivity index (χ0n) is 16.1. The third kappa shape index (κ3) is 4.36. The van der Waals surface area contributed by atoms with Crippen molar-refractivity contribution in [2.75, 3.05) is 7.11 Å². The summed E-state index contributed by atoms with van der Waals surface area (Å²) in [5, 5.41) is 14.4. The summed E-state index contributed by atoms with van der Waals surface area (Å²) in [5.74, 6) is 0.584. The van der Waals surface area contributed by atoms with Gasteiger partial charge in [-0.05, 0) is 81.7 Å². The molecule has 3 aromatic carbocycles. The molecule has 30 heavy (non-hydrogen) atoms. The van der Waals surface area contributed by atoms with Gasteiger partial charge in [0.1, 0.15) is 23.5 Å². The van der Waals surface area contributed by atoms with Gasteiger partial charge in [0, 0.05) is 28.8 Å². The molecule has 3 aromatic rings. The van der Waals surface area contributed by atoms with Crippen LogP contribution < -0.4 is 10.1 Å². The molecule has 0 aromatic heterocycles. The number of nitrogens with one attached hydrogen (secondary N) is 1. The van der Waals surface area contributed by atoms with Crippen LogP contribution in [0.25, 0.3) is 0 Å². The molecule has 4 rings (SSSR count). The van der Waals surface area contributed by atoms with Crippen LogP contribution in [0, 0.1) is 5.82 Å². The summed E-state index contributed by atoms with van der Waals surface area (Å²) in [6.07, 6.45) is 0.134. The number of aromatic hydroxyl groups is 1. The zero-order valence-corrected chi connectivity index (χ0v) is 18.4. The minimum Gasteiger partial charge on any atom is -0.508 e. The van der Waals surface area contributed by atoms with Crippen LogP contribution in [0.3, 0.4) is 0 Å². The van der Waals surface area contributed by atoms with Gasteiger partial charge in [0.25, 0.3) is 0 Å². The van der Waals surface area contributed by atoms with Gasteiger partial charge >= 0.3 is 0 Å². The van der Waals surface area contributed by atoms with E-state index in [-0.39, 0.29) is 17.6 Å². The number of nitrogens with zero attached hydrogens (tertiary/aromatic N) is 1. The van der Waals surface area contributed by atoms with E-state index in [1.54, 1.807) is 37.4 Å². The lowest BCUT2D eigenvalue weighted by atomic mass is 9.93. The van der Waals surface area contributed by atoms with Gasteiger partial charge in [-0.3, -0.25) is 10.3 Å². The number of methoxy groups -OCH3 is 1. The monoisotopic (exact) mass is 488 g/mol. The maximum absolute atomic E-state index is 13.8. The van der Waals surface area contributed by atoms with Crippen molar-refractivity contribution in [3.8, 4) is 11.5 Å². The van der Waals surface area contributed by atoms with E-state index in [9.17, 15) is 9.50 Å². The van der Waals surface area contributed by atoms with Crippen LogP contribution in [-0.2, 0) is 0 Å². The highest BCUT2D eigenvalue weighted by molar-refractivity contribution is 9.10. The van der Waals surface area contributed by atoms with Crippen molar-refractivity contribution in [1.82, 2.24) is 5.32 Å². The van der Waals surface area contributed by atoms with Crippen LogP contribution in [0.15, 0.2) is 70.1 Å². The Hall–Kier alpha value is -2.41. The van der Waals surface area contributed by atoms with Gasteiger partial charge in [-0.15, -0.1) is 0 Å². The van der Waals surface area contributed by atoms with Crippen molar-refractivity contribution in [3.05, 3.63) is 92.7 Å². The van der Waals surface area contributed by atoms with Gasteiger partial charge in [-0.25, -0.2) is 4.39 Å². The number of hydrogen-bond donors (Lipinski definition) is 2. The molecular weight excluding hydrogens is 471 g/mol. The molecule has 1 aliphatic heterocycles. The second-order valence-electron chi connectivity index (χ2n) is 7.01. The Morgan fingerprint density at radius 1 is 1.13 bits per heavy atom. The molecule has 1 heterocycles. The van der Waals surface area contributed by atoms with Crippen molar-refractivity contribution in [3.63, 3.8) is 0 Å². The Labute approximate surface area is 187 Å². The van der Waals surface area contributed by atoms with Crippen LogP contribution in [0.4, 0.5) is 4.39 Å². The first kappa shape index (κ1) is 20.8. The summed E-state index contributed by atoms with van der Waals surface area (Å²) in [7, 11) is 1.62. The van der Waals surface area contributed by atoms with Gasteiger partial charge < -0.3 is 9.84 Å². The fourth-order valence-corrected chi connectivity index (χ4v) is 4.10. The summed E-state index contributed by atoms with van der Waals surface area (Å²) < 4.78 is 19.4. The molecule has 0 unspecified atom stereocenters. The average molecular weight is 490 g/mol. The molecule has 1 aliphatic rings. The second kappa shape index (κ2) is 8.76. The zero-order chi connectivity index (χ0) is 21.3. The lowest BCUT2D eigenvalue weighted by Crippen LogP contribution is -2.33. The van der Waals surface area contributed by atoms with E-state index in [4.69, 9.17) is 21.3 Å². The van der Waals surface area contributed by atoms with Gasteiger partial charge in [-0.1, -0.05) is 17.7 Å². The molecule has 2 N–H and O–H groups in total. The van der Waals surface area contributed by atoms with Gasteiger partial charge in [-0.2, -0.15) is 0 Å². The highest BCUT2D eigenvalue weighted by Crippen LogP contribution is 2.36. The first-order valence-corrected chi connectivity index (χ1v) is 10.5. The van der Waals surface area contributed by atoms with E-state index in [1.807, 2.05) is 24.3 Å². The molecule has 7 heteroatoms. The first-order valence-electron chi connectivity index (χ1n) is 9.35. The van der Waals surface area contributed by atoms with Crippen LogP contribution in [0.2, 0.25) is 5.02 Å². The maximum atomic E-state index is 13.8. The number of rotatable bonds is 4. The summed E-state index contributed by atoms with van der Waals surface area (Å²) in [6, 6.07) is 17.3. The molecular formula is C23H19BrClFN2O2. The van der Waals surface area contributed by atoms with Crippen molar-refractivity contribution in [2.45, 2.75) is 18.6 Å². The average Bonchev–Trinajstić information content (AvgIpc) is 2.77. The second-order valence-corrected chi connectivity index (χ2v) is 8.30. The van der Waals surface area contributed by atoms with Crippen LogP contribution in [-0.4, -0.2) is 17.9 Å². The van der Waals surface area contributed by atoms with Crippen molar-refractivity contribution in [2.24, 2.45) is 4.99 Å². The topological polar surface area (TPSA) is 53.8 Å². The normalized spacial score (nSPS) is 18.7. The summed E-state index contributed by atoms with van der Waals surface area (Å²) in [4.78, 5) is 4.88. The standard InChI is InChI=1S/C23H19BrClFN2O2/c1-30-16-6-2-13(3-7-16)20-12-21(17-11-15(25)5-9-22(17)29)28-23(27-20)14-4-8-19(26)18(24)10-14/h2-11,21,23,28-29H,12H2,1H3/t21-,23+/m0/s1. The van der Waals surface area contributed by atoms with Gasteiger partial charge in [0.05, 0.1) is 11.6 Å². The molecule has 2 atom stereocenters. The minimum atomic E-state index is -0.420. The van der Waals surface area contributed by atoms with Crippen molar-refractivity contribution < 1.29 is 14.2 Å². The van der Waals surface area contributed by atoms with Crippen LogP contribution in [0.5, 0.6) is 11.5 Å². The maximum Gasteiger partial charge on any atom is 0.137 e. The Morgan fingerprint density at radius 2 is 1.90 bits per heavy atom. The van der Waals surface area contributed by atoms with E-state index in [0.717, 1.165) is 22.6 Å². The summed E-state index contributed by atoms with van der Waals surface area (Å²) >= 11 is 9.43. The predicted molar refractivity (Wildman–Crippen MR) is 120 cm³/mol. The smallest absolute Gasteiger partial charge is 0.137 e. The highest BCUT2D eigenvalue weighted by Gasteiger charge is 2.28. The fraction of sp³-hybridized carbons (Fsp3) is 0.174. The van der Waals surface area contributed by atoms with Gasteiger partial charge in [0.2, 0.25) is 0 Å². The lowest BCUT2D eigenvalue weighted by molar-refractivity contribution is 0.412. The fourth-order valence-electron chi connectivity index (χ4n) is 3.52. The summed E-state index contributed by atoms with van der Waals surface area (Å²) in [5.41, 5.74) is 3.32. The van der Waals surface area contributed by atoms with Crippen molar-refractivity contribution in [1.29, 1.82) is 0 Å². The SMILES string of the molecule is COc1ccc(C2=N[C@@H](c3ccc(F)c(Br)c3)N[C@H](c3cc(Cl)ccc3O)C2)cc1. The van der Waals surface area contributed by atoms with Crippen LogP contribution in [0.1, 0.15) is 35.3 Å². The first-order chi connectivity index (χ1) is 14.4. The Kier molecular flexibility index (Phi) is 6.09. The van der Waals surface area contributed by atoms with Crippen molar-refractivity contribution >= 4 is 33.2 Å². The number of hydrogen-bond acceptors (Lipinski definition) is 4. The molecule has 4 nitrogen and oxygen atoms in total. The molecule has 0 spiro atoms. The third-order valence-corrected chi connectivity index (χ3v) is 5.93. The number of benzene rings is 3. The number of phenolic OH excluding ortho intramolecular Hbond substituents is 1. The molecule has 0 amide bonds. The summed E-state index contributed by atoms with van der Waals surface area (Å²) in [6.45, 7) is 0. The highest BCUT2D eigenvalue weighted by atomic mass is 79.9. The molecule has 154 valence electrons. The number of halogens is 3. The van der Waals surface area contributed by atoms with E-state index >= 15 is 0 Å².